The Morgan fingerprint density at radius 1 is 1.27 bits per heavy atom. The van der Waals surface area contributed by atoms with Gasteiger partial charge in [0.1, 0.15) is 0 Å². The van der Waals surface area contributed by atoms with E-state index < -0.39 is 0 Å². The first-order chi connectivity index (χ1) is 14.4. The minimum Gasteiger partial charge on any atom is -0.385 e. The Morgan fingerprint density at radius 2 is 2.07 bits per heavy atom. The smallest absolute Gasteiger partial charge is 0.262 e. The fourth-order valence-corrected chi connectivity index (χ4v) is 4.07. The summed E-state index contributed by atoms with van der Waals surface area (Å²) >= 11 is 13.4. The summed E-state index contributed by atoms with van der Waals surface area (Å²) in [6, 6.07) is 10.3. The number of amides is 1. The molecule has 158 valence electrons. The average Bonchev–Trinajstić information content (AvgIpc) is 2.71. The van der Waals surface area contributed by atoms with Crippen LogP contribution in [0.15, 0.2) is 46.3 Å². The molecule has 2 aromatic carbocycles. The highest BCUT2D eigenvalue weighted by atomic mass is 35.5. The van der Waals surface area contributed by atoms with Crippen LogP contribution in [-0.4, -0.2) is 34.9 Å². The van der Waals surface area contributed by atoms with Crippen molar-refractivity contribution in [3.05, 3.63) is 62.4 Å². The summed E-state index contributed by atoms with van der Waals surface area (Å²) in [5, 5.41) is 4.88. The van der Waals surface area contributed by atoms with Gasteiger partial charge < -0.3 is 10.1 Å². The van der Waals surface area contributed by atoms with E-state index in [1.54, 1.807) is 48.1 Å². The molecule has 30 heavy (non-hydrogen) atoms. The van der Waals surface area contributed by atoms with Gasteiger partial charge in [-0.25, -0.2) is 4.98 Å². The maximum absolute atomic E-state index is 13.0. The number of fused-ring (bicyclic) bond motifs is 1. The van der Waals surface area contributed by atoms with Crippen LogP contribution in [0.5, 0.6) is 0 Å². The second-order valence-electron chi connectivity index (χ2n) is 6.61. The predicted molar refractivity (Wildman–Crippen MR) is 123 cm³/mol. The van der Waals surface area contributed by atoms with E-state index >= 15 is 0 Å². The van der Waals surface area contributed by atoms with E-state index in [2.05, 4.69) is 10.3 Å². The number of ether oxygens (including phenoxy) is 1. The van der Waals surface area contributed by atoms with Crippen LogP contribution in [0.2, 0.25) is 10.0 Å². The van der Waals surface area contributed by atoms with Gasteiger partial charge >= 0.3 is 0 Å². The van der Waals surface area contributed by atoms with E-state index in [4.69, 9.17) is 27.9 Å². The van der Waals surface area contributed by atoms with Gasteiger partial charge in [-0.2, -0.15) is 0 Å². The Kier molecular flexibility index (Phi) is 7.77. The Bertz CT molecular complexity index is 1130. The molecule has 3 rings (SSSR count). The second kappa shape index (κ2) is 10.3. The van der Waals surface area contributed by atoms with E-state index in [0.717, 1.165) is 5.56 Å². The van der Waals surface area contributed by atoms with Gasteiger partial charge in [-0.3, -0.25) is 14.2 Å². The number of nitrogens with zero attached hydrogens (tertiary/aromatic N) is 2. The first-order valence-corrected chi connectivity index (χ1v) is 11.0. The molecule has 1 aromatic heterocycles. The van der Waals surface area contributed by atoms with Crippen molar-refractivity contribution in [2.75, 3.05) is 24.8 Å². The molecule has 9 heteroatoms. The van der Waals surface area contributed by atoms with Crippen molar-refractivity contribution in [3.8, 4) is 0 Å². The van der Waals surface area contributed by atoms with Crippen LogP contribution in [0.25, 0.3) is 10.9 Å². The Labute approximate surface area is 188 Å². The lowest BCUT2D eigenvalue weighted by Crippen LogP contribution is -2.25. The number of carbonyl (C=O) groups is 1. The summed E-state index contributed by atoms with van der Waals surface area (Å²) in [6.07, 6.45) is 0.651. The largest absolute Gasteiger partial charge is 0.385 e. The molecule has 1 N–H and O–H groups in total. The van der Waals surface area contributed by atoms with E-state index in [0.29, 0.717) is 51.4 Å². The fraction of sp³-hybridized carbons (Fsp3) is 0.286. The lowest BCUT2D eigenvalue weighted by molar-refractivity contribution is -0.113. The third-order valence-electron chi connectivity index (χ3n) is 4.49. The number of hydrogen-bond acceptors (Lipinski definition) is 5. The minimum atomic E-state index is -0.214. The second-order valence-corrected chi connectivity index (χ2v) is 8.39. The van der Waals surface area contributed by atoms with Crippen molar-refractivity contribution in [1.29, 1.82) is 0 Å². The van der Waals surface area contributed by atoms with Crippen molar-refractivity contribution in [1.82, 2.24) is 9.55 Å². The Hall–Kier alpha value is -2.06. The van der Waals surface area contributed by atoms with Crippen molar-refractivity contribution in [2.24, 2.45) is 0 Å². The number of methoxy groups -OCH3 is 1. The van der Waals surface area contributed by atoms with Crippen LogP contribution >= 0.6 is 35.0 Å². The molecule has 0 bridgehead atoms. The van der Waals surface area contributed by atoms with E-state index in [9.17, 15) is 9.59 Å². The Morgan fingerprint density at radius 3 is 2.83 bits per heavy atom. The lowest BCUT2D eigenvalue weighted by Gasteiger charge is -2.13. The van der Waals surface area contributed by atoms with Crippen LogP contribution in [0.3, 0.4) is 0 Å². The molecule has 1 heterocycles. The van der Waals surface area contributed by atoms with Gasteiger partial charge in [0, 0.05) is 36.0 Å². The highest BCUT2D eigenvalue weighted by molar-refractivity contribution is 7.99. The van der Waals surface area contributed by atoms with Gasteiger partial charge in [0.05, 0.1) is 16.7 Å². The average molecular weight is 466 g/mol. The zero-order valence-electron chi connectivity index (χ0n) is 16.6. The molecule has 3 aromatic rings. The summed E-state index contributed by atoms with van der Waals surface area (Å²) in [6.45, 7) is 2.80. The topological polar surface area (TPSA) is 73.2 Å². The summed E-state index contributed by atoms with van der Waals surface area (Å²) in [4.78, 5) is 30.1. The van der Waals surface area contributed by atoms with Gasteiger partial charge in [0.2, 0.25) is 5.91 Å². The van der Waals surface area contributed by atoms with E-state index in [1.165, 1.54) is 11.8 Å². The van der Waals surface area contributed by atoms with Crippen molar-refractivity contribution in [3.63, 3.8) is 0 Å². The van der Waals surface area contributed by atoms with Crippen LogP contribution in [0.4, 0.5) is 5.69 Å². The number of carbonyl (C=O) groups excluding carboxylic acids is 1. The number of hydrogen-bond donors (Lipinski definition) is 1. The molecule has 0 aliphatic heterocycles. The van der Waals surface area contributed by atoms with Crippen LogP contribution in [0.1, 0.15) is 12.0 Å². The molecule has 0 saturated carbocycles. The molecule has 1 amide bonds. The van der Waals surface area contributed by atoms with Crippen LogP contribution in [-0.2, 0) is 16.1 Å². The predicted octanol–water partition coefficient (Wildman–Crippen LogP) is 4.78. The molecule has 0 fully saturated rings. The molecule has 0 saturated heterocycles. The summed E-state index contributed by atoms with van der Waals surface area (Å²) in [5.74, 6) is -0.122. The van der Waals surface area contributed by atoms with E-state index in [1.807, 2.05) is 6.92 Å². The standard InChI is InChI=1S/C21H21Cl2N3O3S/c1-13-16(23)5-3-6-17(13)24-19(27)12-30-21-25-18-11-14(22)7-8-15(18)20(28)26(21)9-4-10-29-2/h3,5-8,11H,4,9-10,12H2,1-2H3,(H,24,27). The number of benzene rings is 2. The van der Waals surface area contributed by atoms with Crippen LogP contribution in [0, 0.1) is 6.92 Å². The first kappa shape index (κ1) is 22.6. The van der Waals surface area contributed by atoms with Crippen molar-refractivity contribution >= 4 is 57.5 Å². The quantitative estimate of drug-likeness (QED) is 0.294. The maximum atomic E-state index is 13.0. The summed E-state index contributed by atoms with van der Waals surface area (Å²) in [5.41, 5.74) is 1.79. The highest BCUT2D eigenvalue weighted by Crippen LogP contribution is 2.24. The van der Waals surface area contributed by atoms with Crippen molar-refractivity contribution < 1.29 is 9.53 Å². The molecular weight excluding hydrogens is 445 g/mol. The van der Waals surface area contributed by atoms with Gasteiger partial charge in [0.25, 0.3) is 5.56 Å². The SMILES string of the molecule is COCCCn1c(SCC(=O)Nc2cccc(Cl)c2C)nc2cc(Cl)ccc2c1=O. The third-order valence-corrected chi connectivity index (χ3v) is 6.11. The Balaban J connectivity index is 1.84. The molecule has 0 spiro atoms. The van der Waals surface area contributed by atoms with Crippen molar-refractivity contribution in [2.45, 2.75) is 25.0 Å². The lowest BCUT2D eigenvalue weighted by atomic mass is 10.2. The zero-order chi connectivity index (χ0) is 21.7. The van der Waals surface area contributed by atoms with Gasteiger partial charge in [-0.15, -0.1) is 0 Å². The highest BCUT2D eigenvalue weighted by Gasteiger charge is 2.14. The number of halogens is 2. The minimum absolute atomic E-state index is 0.0920. The molecule has 0 unspecified atom stereocenters. The van der Waals surface area contributed by atoms with Gasteiger partial charge in [0.15, 0.2) is 5.16 Å². The number of aromatic nitrogens is 2. The fourth-order valence-electron chi connectivity index (χ4n) is 2.91. The summed E-state index contributed by atoms with van der Waals surface area (Å²) < 4.78 is 6.68. The third kappa shape index (κ3) is 5.35. The number of nitrogens with one attached hydrogen (secondary N) is 1. The molecule has 0 radical (unpaired) electrons. The molecule has 0 aliphatic rings. The van der Waals surface area contributed by atoms with Gasteiger partial charge in [-0.1, -0.05) is 41.0 Å². The van der Waals surface area contributed by atoms with Gasteiger partial charge in [-0.05, 0) is 49.2 Å². The first-order valence-electron chi connectivity index (χ1n) is 9.27. The number of anilines is 1. The summed E-state index contributed by atoms with van der Waals surface area (Å²) in [7, 11) is 1.61. The monoisotopic (exact) mass is 465 g/mol. The molecular formula is C21H21Cl2N3O3S. The van der Waals surface area contributed by atoms with Crippen LogP contribution < -0.4 is 10.9 Å². The maximum Gasteiger partial charge on any atom is 0.262 e. The van der Waals surface area contributed by atoms with E-state index in [-0.39, 0.29) is 17.2 Å². The zero-order valence-corrected chi connectivity index (χ0v) is 18.9. The number of rotatable bonds is 8. The molecule has 0 aliphatic carbocycles. The molecule has 6 nitrogen and oxygen atoms in total. The number of thioether (sulfide) groups is 1. The normalized spacial score (nSPS) is 11.1. The molecule has 0 atom stereocenters.